The number of ether oxygens (including phenoxy) is 2. The lowest BCUT2D eigenvalue weighted by Gasteiger charge is -2.40. The lowest BCUT2D eigenvalue weighted by atomic mass is 9.82. The number of anilines is 1. The number of hydrogen-bond donors (Lipinski definition) is 2. The highest BCUT2D eigenvalue weighted by Crippen LogP contribution is 2.42. The Morgan fingerprint density at radius 1 is 1.10 bits per heavy atom. The number of carbonyl (C=O) groups is 1. The van der Waals surface area contributed by atoms with Gasteiger partial charge in [-0.25, -0.2) is 4.39 Å². The van der Waals surface area contributed by atoms with Gasteiger partial charge in [-0.05, 0) is 60.6 Å². The van der Waals surface area contributed by atoms with Crippen molar-refractivity contribution in [2.45, 2.75) is 53.1 Å². The SMILES string of the molecule is Cc1nc(COCC2CNC2)c(-c2ccc(OCCc3ccc(F)cc3)cc2)c(N2CCC(C)(C)CC2)c1CC(=O)O. The summed E-state index contributed by atoms with van der Waals surface area (Å²) in [5.74, 6) is 0.139. The molecule has 0 saturated carbocycles. The summed E-state index contributed by atoms with van der Waals surface area (Å²) < 4.78 is 25.4. The third-order valence-electron chi connectivity index (χ3n) is 8.49. The van der Waals surface area contributed by atoms with E-state index < -0.39 is 5.97 Å². The van der Waals surface area contributed by atoms with Crippen molar-refractivity contribution in [2.24, 2.45) is 11.3 Å². The number of pyridine rings is 1. The maximum Gasteiger partial charge on any atom is 0.307 e. The number of halogens is 1. The number of carboxylic acids is 1. The Kier molecular flexibility index (Phi) is 9.43. The molecule has 3 aromatic rings. The standard InChI is InChI=1S/C34H42FN3O4/c1-23-29(18-31(39)40)33(38-15-13-34(2,3)14-16-38)32(30(37-23)22-41-21-25-19-36-20-25)26-6-10-28(11-7-26)42-17-12-24-4-8-27(35)9-5-24/h4-11,25,36H,12-22H2,1-3H3,(H,39,40). The molecule has 2 aromatic carbocycles. The van der Waals surface area contributed by atoms with E-state index in [1.54, 1.807) is 12.1 Å². The zero-order valence-electron chi connectivity index (χ0n) is 24.9. The van der Waals surface area contributed by atoms with Gasteiger partial charge >= 0.3 is 5.97 Å². The van der Waals surface area contributed by atoms with Crippen molar-refractivity contribution in [3.8, 4) is 16.9 Å². The number of aliphatic carboxylic acids is 1. The van der Waals surface area contributed by atoms with Crippen LogP contribution in [0.1, 0.15) is 49.2 Å². The van der Waals surface area contributed by atoms with Gasteiger partial charge in [0.1, 0.15) is 11.6 Å². The Morgan fingerprint density at radius 2 is 1.79 bits per heavy atom. The topological polar surface area (TPSA) is 83.9 Å². The zero-order chi connectivity index (χ0) is 29.7. The van der Waals surface area contributed by atoms with E-state index in [4.69, 9.17) is 14.5 Å². The summed E-state index contributed by atoms with van der Waals surface area (Å²) in [7, 11) is 0. The second kappa shape index (κ2) is 13.2. The highest BCUT2D eigenvalue weighted by Gasteiger charge is 2.31. The van der Waals surface area contributed by atoms with E-state index in [2.05, 4.69) is 24.1 Å². The molecule has 7 nitrogen and oxygen atoms in total. The van der Waals surface area contributed by atoms with E-state index in [1.807, 2.05) is 31.2 Å². The molecule has 0 radical (unpaired) electrons. The van der Waals surface area contributed by atoms with Crippen molar-refractivity contribution in [1.29, 1.82) is 0 Å². The lowest BCUT2D eigenvalue weighted by Crippen LogP contribution is -2.44. The molecule has 2 saturated heterocycles. The molecule has 42 heavy (non-hydrogen) atoms. The molecule has 2 fully saturated rings. The third kappa shape index (κ3) is 7.47. The van der Waals surface area contributed by atoms with Crippen molar-refractivity contribution in [1.82, 2.24) is 10.3 Å². The number of aryl methyl sites for hydroxylation is 1. The number of aromatic nitrogens is 1. The van der Waals surface area contributed by atoms with Crippen LogP contribution in [0.25, 0.3) is 11.1 Å². The Bertz CT molecular complexity index is 1360. The number of nitrogens with one attached hydrogen (secondary N) is 1. The summed E-state index contributed by atoms with van der Waals surface area (Å²) in [6, 6.07) is 14.4. The van der Waals surface area contributed by atoms with Crippen LogP contribution in [-0.4, -0.2) is 55.5 Å². The zero-order valence-corrected chi connectivity index (χ0v) is 24.9. The first-order valence-electron chi connectivity index (χ1n) is 14.9. The van der Waals surface area contributed by atoms with E-state index in [0.717, 1.165) is 84.1 Å². The third-order valence-corrected chi connectivity index (χ3v) is 8.49. The molecular weight excluding hydrogens is 533 g/mol. The lowest BCUT2D eigenvalue weighted by molar-refractivity contribution is -0.136. The van der Waals surface area contributed by atoms with E-state index in [9.17, 15) is 14.3 Å². The van der Waals surface area contributed by atoms with Gasteiger partial charge in [-0.1, -0.05) is 38.1 Å². The Labute approximate surface area is 248 Å². The van der Waals surface area contributed by atoms with E-state index >= 15 is 0 Å². The maximum atomic E-state index is 13.2. The molecule has 0 unspecified atom stereocenters. The summed E-state index contributed by atoms with van der Waals surface area (Å²) in [4.78, 5) is 19.3. The van der Waals surface area contributed by atoms with Crippen LogP contribution < -0.4 is 15.0 Å². The summed E-state index contributed by atoms with van der Waals surface area (Å²) >= 11 is 0. The highest BCUT2D eigenvalue weighted by atomic mass is 19.1. The second-order valence-electron chi connectivity index (χ2n) is 12.4. The number of piperidine rings is 1. The van der Waals surface area contributed by atoms with Crippen molar-refractivity contribution in [3.63, 3.8) is 0 Å². The number of carboxylic acid groups (broad SMARTS) is 1. The molecule has 1 aromatic heterocycles. The quantitative estimate of drug-likeness (QED) is 0.282. The monoisotopic (exact) mass is 575 g/mol. The minimum Gasteiger partial charge on any atom is -0.493 e. The number of nitrogens with zero attached hydrogens (tertiary/aromatic N) is 2. The fourth-order valence-corrected chi connectivity index (χ4v) is 5.68. The molecule has 224 valence electrons. The van der Waals surface area contributed by atoms with Crippen LogP contribution in [0.3, 0.4) is 0 Å². The molecule has 0 spiro atoms. The van der Waals surface area contributed by atoms with E-state index in [0.29, 0.717) is 32.2 Å². The van der Waals surface area contributed by atoms with Gasteiger partial charge in [-0.2, -0.15) is 0 Å². The van der Waals surface area contributed by atoms with Crippen LogP contribution in [0.4, 0.5) is 10.1 Å². The van der Waals surface area contributed by atoms with Gasteiger partial charge in [0.15, 0.2) is 0 Å². The average molecular weight is 576 g/mol. The minimum atomic E-state index is -0.865. The maximum absolute atomic E-state index is 13.2. The van der Waals surface area contributed by atoms with Gasteiger partial charge in [0, 0.05) is 55.3 Å². The van der Waals surface area contributed by atoms with Gasteiger partial charge in [-0.3, -0.25) is 9.78 Å². The first kappa shape index (κ1) is 30.0. The number of benzene rings is 2. The molecule has 5 rings (SSSR count). The average Bonchev–Trinajstić information content (AvgIpc) is 2.93. The number of rotatable bonds is 12. The molecule has 2 aliphatic rings. The summed E-state index contributed by atoms with van der Waals surface area (Å²) in [5, 5.41) is 13.2. The van der Waals surface area contributed by atoms with Crippen LogP contribution in [0.15, 0.2) is 48.5 Å². The van der Waals surface area contributed by atoms with Crippen molar-refractivity contribution >= 4 is 11.7 Å². The van der Waals surface area contributed by atoms with Crippen molar-refractivity contribution < 1.29 is 23.8 Å². The number of hydrogen-bond acceptors (Lipinski definition) is 6. The molecule has 2 aliphatic heterocycles. The summed E-state index contributed by atoms with van der Waals surface area (Å²) in [6.07, 6.45) is 2.65. The van der Waals surface area contributed by atoms with Crippen LogP contribution >= 0.6 is 0 Å². The highest BCUT2D eigenvalue weighted by molar-refractivity contribution is 5.86. The predicted octanol–water partition coefficient (Wildman–Crippen LogP) is 5.81. The first-order chi connectivity index (χ1) is 20.2. The smallest absolute Gasteiger partial charge is 0.307 e. The van der Waals surface area contributed by atoms with E-state index in [1.165, 1.54) is 12.1 Å². The van der Waals surface area contributed by atoms with Crippen LogP contribution in [0, 0.1) is 24.1 Å². The minimum absolute atomic E-state index is 0.0828. The fraction of sp³-hybridized carbons (Fsp3) is 0.471. The normalized spacial score (nSPS) is 16.7. The van der Waals surface area contributed by atoms with E-state index in [-0.39, 0.29) is 17.7 Å². The Hall–Kier alpha value is -3.49. The first-order valence-corrected chi connectivity index (χ1v) is 14.9. The summed E-state index contributed by atoms with van der Waals surface area (Å²) in [6.45, 7) is 11.7. The van der Waals surface area contributed by atoms with Crippen LogP contribution in [0.5, 0.6) is 5.75 Å². The van der Waals surface area contributed by atoms with Crippen molar-refractivity contribution in [3.05, 3.63) is 76.9 Å². The molecule has 0 amide bonds. The van der Waals surface area contributed by atoms with Gasteiger partial charge in [-0.15, -0.1) is 0 Å². The predicted molar refractivity (Wildman–Crippen MR) is 163 cm³/mol. The van der Waals surface area contributed by atoms with Crippen molar-refractivity contribution in [2.75, 3.05) is 44.3 Å². The van der Waals surface area contributed by atoms with Gasteiger partial charge in [0.25, 0.3) is 0 Å². The van der Waals surface area contributed by atoms with Gasteiger partial charge in [0.2, 0.25) is 0 Å². The fourth-order valence-electron chi connectivity index (χ4n) is 5.68. The molecule has 3 heterocycles. The largest absolute Gasteiger partial charge is 0.493 e. The molecular formula is C34H42FN3O4. The van der Waals surface area contributed by atoms with Gasteiger partial charge < -0.3 is 24.8 Å². The second-order valence-corrected chi connectivity index (χ2v) is 12.4. The van der Waals surface area contributed by atoms with Crippen LogP contribution in [-0.2, 0) is 29.0 Å². The summed E-state index contributed by atoms with van der Waals surface area (Å²) in [5.41, 5.74) is 6.48. The molecule has 8 heteroatoms. The van der Waals surface area contributed by atoms with Crippen LogP contribution in [0.2, 0.25) is 0 Å². The molecule has 0 aliphatic carbocycles. The molecule has 0 bridgehead atoms. The Balaban J connectivity index is 1.45. The van der Waals surface area contributed by atoms with Gasteiger partial charge in [0.05, 0.1) is 37.6 Å². The Morgan fingerprint density at radius 3 is 2.40 bits per heavy atom. The molecule has 2 N–H and O–H groups in total. The molecule has 0 atom stereocenters.